The number of rotatable bonds is 10. The molecule has 1 aromatic heterocycles. The SMILES string of the molecule is Oc1ccc(OC(F)(F)F)cc1C=NNc1cc(Nc2ccccc2)nc(NN=Cc2cc(OC(F)(F)F)ccc2O)n1. The molecule has 0 unspecified atom stereocenters. The summed E-state index contributed by atoms with van der Waals surface area (Å²) in [4.78, 5) is 8.38. The fourth-order valence-electron chi connectivity index (χ4n) is 3.28. The zero-order chi connectivity index (χ0) is 31.0. The first kappa shape index (κ1) is 30.2. The summed E-state index contributed by atoms with van der Waals surface area (Å²) in [7, 11) is 0. The number of aromatic hydroxyl groups is 2. The van der Waals surface area contributed by atoms with Gasteiger partial charge in [0.25, 0.3) is 0 Å². The summed E-state index contributed by atoms with van der Waals surface area (Å²) in [6.07, 6.45) is -7.84. The molecule has 5 N–H and O–H groups in total. The Hall–Kier alpha value is -5.74. The maximum Gasteiger partial charge on any atom is 0.573 e. The third-order valence-electron chi connectivity index (χ3n) is 4.99. The highest BCUT2D eigenvalue weighted by Gasteiger charge is 2.32. The maximum absolute atomic E-state index is 12.5. The molecule has 0 radical (unpaired) electrons. The molecule has 224 valence electrons. The lowest BCUT2D eigenvalue weighted by Crippen LogP contribution is -2.17. The summed E-state index contributed by atoms with van der Waals surface area (Å²) >= 11 is 0. The van der Waals surface area contributed by atoms with Crippen LogP contribution in [0.5, 0.6) is 23.0 Å². The van der Waals surface area contributed by atoms with Gasteiger partial charge in [0.15, 0.2) is 5.82 Å². The molecule has 0 aliphatic carbocycles. The average molecular weight is 607 g/mol. The van der Waals surface area contributed by atoms with Gasteiger partial charge in [-0.3, -0.25) is 5.43 Å². The second-order valence-electron chi connectivity index (χ2n) is 8.23. The zero-order valence-electron chi connectivity index (χ0n) is 21.4. The van der Waals surface area contributed by atoms with E-state index in [1.165, 1.54) is 6.07 Å². The smallest absolute Gasteiger partial charge is 0.507 e. The van der Waals surface area contributed by atoms with Crippen molar-refractivity contribution in [3.05, 3.63) is 83.9 Å². The topological polar surface area (TPSA) is 146 Å². The van der Waals surface area contributed by atoms with Gasteiger partial charge in [-0.2, -0.15) is 20.2 Å². The molecule has 0 saturated carbocycles. The van der Waals surface area contributed by atoms with Gasteiger partial charge in [0.05, 0.1) is 12.4 Å². The summed E-state index contributed by atoms with van der Waals surface area (Å²) < 4.78 is 82.9. The Labute approximate surface area is 238 Å². The molecule has 3 aromatic carbocycles. The molecule has 0 fully saturated rings. The molecular weight excluding hydrogens is 588 g/mol. The van der Waals surface area contributed by atoms with Crippen molar-refractivity contribution in [1.29, 1.82) is 0 Å². The average Bonchev–Trinajstić information content (AvgIpc) is 2.91. The molecule has 0 aliphatic heterocycles. The van der Waals surface area contributed by atoms with E-state index in [9.17, 15) is 36.6 Å². The van der Waals surface area contributed by atoms with Gasteiger partial charge in [-0.25, -0.2) is 5.43 Å². The second-order valence-corrected chi connectivity index (χ2v) is 8.23. The molecule has 0 saturated heterocycles. The zero-order valence-corrected chi connectivity index (χ0v) is 21.4. The van der Waals surface area contributed by atoms with Gasteiger partial charge < -0.3 is 25.0 Å². The van der Waals surface area contributed by atoms with Crippen molar-refractivity contribution < 1.29 is 46.0 Å². The van der Waals surface area contributed by atoms with Crippen molar-refractivity contribution in [2.75, 3.05) is 16.2 Å². The van der Waals surface area contributed by atoms with Crippen molar-refractivity contribution >= 4 is 35.7 Å². The van der Waals surface area contributed by atoms with Gasteiger partial charge in [0, 0.05) is 22.9 Å². The van der Waals surface area contributed by atoms with Crippen LogP contribution >= 0.6 is 0 Å². The van der Waals surface area contributed by atoms with Crippen LogP contribution in [-0.4, -0.2) is 45.3 Å². The number of anilines is 4. The number of alkyl halides is 6. The molecule has 0 bridgehead atoms. The molecule has 17 heteroatoms. The third kappa shape index (κ3) is 9.69. The first-order chi connectivity index (χ1) is 20.3. The van der Waals surface area contributed by atoms with E-state index in [0.29, 0.717) is 5.69 Å². The number of phenols is 2. The summed E-state index contributed by atoms with van der Waals surface area (Å²) in [6.45, 7) is 0. The number of benzene rings is 3. The summed E-state index contributed by atoms with van der Waals surface area (Å²) in [5.74, 6) is -1.78. The predicted molar refractivity (Wildman–Crippen MR) is 144 cm³/mol. The van der Waals surface area contributed by atoms with Crippen molar-refractivity contribution in [3.8, 4) is 23.0 Å². The Bertz CT molecular complexity index is 1520. The number of phenolic OH excluding ortho intramolecular Hbond substituents is 2. The van der Waals surface area contributed by atoms with Crippen LogP contribution in [0.1, 0.15) is 11.1 Å². The first-order valence-corrected chi connectivity index (χ1v) is 11.8. The number of ether oxygens (including phenoxy) is 2. The van der Waals surface area contributed by atoms with Crippen molar-refractivity contribution in [2.24, 2.45) is 10.2 Å². The molecule has 4 rings (SSSR count). The molecule has 4 aromatic rings. The monoisotopic (exact) mass is 607 g/mol. The summed E-state index contributed by atoms with van der Waals surface area (Å²) in [5, 5.41) is 30.7. The van der Waals surface area contributed by atoms with Crippen LogP contribution in [0.15, 0.2) is 83.0 Å². The lowest BCUT2D eigenvalue weighted by molar-refractivity contribution is -0.275. The number of aromatic nitrogens is 2. The summed E-state index contributed by atoms with van der Waals surface area (Å²) in [5.41, 5.74) is 5.45. The molecule has 43 heavy (non-hydrogen) atoms. The van der Waals surface area contributed by atoms with Crippen LogP contribution in [0.25, 0.3) is 0 Å². The Morgan fingerprint density at radius 2 is 1.16 bits per heavy atom. The molecule has 0 aliphatic rings. The highest BCUT2D eigenvalue weighted by Crippen LogP contribution is 2.28. The van der Waals surface area contributed by atoms with Crippen LogP contribution in [0, 0.1) is 0 Å². The predicted octanol–water partition coefficient (Wildman–Crippen LogP) is 6.32. The minimum Gasteiger partial charge on any atom is -0.507 e. The van der Waals surface area contributed by atoms with Crippen molar-refractivity contribution in [3.63, 3.8) is 0 Å². The highest BCUT2D eigenvalue weighted by atomic mass is 19.4. The molecule has 0 atom stereocenters. The van der Waals surface area contributed by atoms with E-state index in [1.807, 2.05) is 0 Å². The first-order valence-electron chi connectivity index (χ1n) is 11.8. The maximum atomic E-state index is 12.5. The van der Waals surface area contributed by atoms with E-state index in [0.717, 1.165) is 48.8 Å². The standard InChI is InChI=1S/C26H19F6N7O4/c27-25(28,29)42-18-6-8-20(40)15(10-18)13-33-38-23-12-22(35-17-4-2-1-3-5-17)36-24(37-23)39-34-14-16-11-19(7-9-21(16)41)43-26(30,31)32/h1-14,40-41H,(H3,35,36,37,38,39). The summed E-state index contributed by atoms with van der Waals surface area (Å²) in [6, 6.07) is 15.9. The largest absolute Gasteiger partial charge is 0.573 e. The quantitative estimate of drug-likeness (QED) is 0.0794. The van der Waals surface area contributed by atoms with Gasteiger partial charge in [-0.1, -0.05) is 18.2 Å². The van der Waals surface area contributed by atoms with Crippen LogP contribution < -0.4 is 25.6 Å². The highest BCUT2D eigenvalue weighted by molar-refractivity contribution is 5.85. The van der Waals surface area contributed by atoms with Gasteiger partial charge in [-0.05, 0) is 48.5 Å². The Morgan fingerprint density at radius 3 is 1.70 bits per heavy atom. The number of nitrogens with one attached hydrogen (secondary N) is 3. The number of hydrogen-bond acceptors (Lipinski definition) is 11. The van der Waals surface area contributed by atoms with Gasteiger partial charge in [0.1, 0.15) is 28.8 Å². The third-order valence-corrected chi connectivity index (χ3v) is 4.99. The number of nitrogens with zero attached hydrogens (tertiary/aromatic N) is 4. The molecule has 11 nitrogen and oxygen atoms in total. The van der Waals surface area contributed by atoms with Crippen molar-refractivity contribution in [1.82, 2.24) is 9.97 Å². The van der Waals surface area contributed by atoms with E-state index in [2.05, 4.69) is 45.8 Å². The van der Waals surface area contributed by atoms with Gasteiger partial charge in [0.2, 0.25) is 5.95 Å². The van der Waals surface area contributed by atoms with Crippen LogP contribution in [0.3, 0.4) is 0 Å². The van der Waals surface area contributed by atoms with Crippen LogP contribution in [0.4, 0.5) is 49.6 Å². The fraction of sp³-hybridized carbons (Fsp3) is 0.0769. The van der Waals surface area contributed by atoms with E-state index < -0.39 is 24.2 Å². The Morgan fingerprint density at radius 1 is 0.651 bits per heavy atom. The minimum absolute atomic E-state index is 0.0491. The molecular formula is C26H19F6N7O4. The van der Waals surface area contributed by atoms with Gasteiger partial charge in [-0.15, -0.1) is 26.3 Å². The number of halogens is 6. The van der Waals surface area contributed by atoms with Gasteiger partial charge >= 0.3 is 12.7 Å². The van der Waals surface area contributed by atoms with E-state index in [1.54, 1.807) is 30.3 Å². The van der Waals surface area contributed by atoms with E-state index in [-0.39, 0.29) is 40.2 Å². The molecule has 0 spiro atoms. The number of hydrogen-bond donors (Lipinski definition) is 5. The Balaban J connectivity index is 1.55. The molecule has 0 amide bonds. The molecule has 1 heterocycles. The normalized spacial score (nSPS) is 12.0. The van der Waals surface area contributed by atoms with Crippen molar-refractivity contribution in [2.45, 2.75) is 12.7 Å². The lowest BCUT2D eigenvalue weighted by Gasteiger charge is -2.10. The van der Waals surface area contributed by atoms with Crippen LogP contribution in [-0.2, 0) is 0 Å². The number of para-hydroxylation sites is 1. The Kier molecular flexibility index (Phi) is 9.02. The lowest BCUT2D eigenvalue weighted by atomic mass is 10.2. The second kappa shape index (κ2) is 12.8. The van der Waals surface area contributed by atoms with Crippen LogP contribution in [0.2, 0.25) is 0 Å². The minimum atomic E-state index is -4.94. The fourth-order valence-corrected chi connectivity index (χ4v) is 3.28. The van der Waals surface area contributed by atoms with E-state index in [4.69, 9.17) is 0 Å². The number of hydrazone groups is 2. The van der Waals surface area contributed by atoms with E-state index >= 15 is 0 Å².